The van der Waals surface area contributed by atoms with Gasteiger partial charge in [0.1, 0.15) is 0 Å². The summed E-state index contributed by atoms with van der Waals surface area (Å²) in [7, 11) is -7.85. The van der Waals surface area contributed by atoms with Crippen LogP contribution in [-0.4, -0.2) is 23.1 Å². The Morgan fingerprint density at radius 2 is 1.40 bits per heavy atom. The fourth-order valence-corrected chi connectivity index (χ4v) is 3.56. The highest BCUT2D eigenvalue weighted by atomic mass is 32.2. The van der Waals surface area contributed by atoms with Crippen molar-refractivity contribution in [3.05, 3.63) is 54.1 Å². The van der Waals surface area contributed by atoms with Gasteiger partial charge in [0.2, 0.25) is 10.0 Å². The molecule has 0 radical (unpaired) electrons. The molecule has 0 amide bonds. The monoisotopic (exact) mass is 394 g/mol. The van der Waals surface area contributed by atoms with Gasteiger partial charge in [-0.05, 0) is 36.4 Å². The molecule has 2 rings (SSSR count). The van der Waals surface area contributed by atoms with Crippen LogP contribution in [0.2, 0.25) is 0 Å². The molecule has 11 heteroatoms. The van der Waals surface area contributed by atoms with Gasteiger partial charge in [0.05, 0.1) is 28.1 Å². The zero-order valence-corrected chi connectivity index (χ0v) is 14.3. The summed E-state index contributed by atoms with van der Waals surface area (Å²) in [6.45, 7) is 0. The molecule has 6 nitrogen and oxygen atoms in total. The lowest BCUT2D eigenvalue weighted by atomic mass is 10.2. The van der Waals surface area contributed by atoms with Gasteiger partial charge in [-0.2, -0.15) is 13.2 Å². The molecule has 0 heterocycles. The molecule has 0 aliphatic carbocycles. The molecule has 0 fully saturated rings. The third-order valence-corrected chi connectivity index (χ3v) is 4.88. The maximum atomic E-state index is 12.7. The van der Waals surface area contributed by atoms with Gasteiger partial charge >= 0.3 is 6.18 Å². The van der Waals surface area contributed by atoms with E-state index in [2.05, 4.69) is 9.44 Å². The summed E-state index contributed by atoms with van der Waals surface area (Å²) in [6, 6.07) is 8.59. The van der Waals surface area contributed by atoms with Crippen molar-refractivity contribution in [2.24, 2.45) is 0 Å². The molecule has 0 atom stereocenters. The van der Waals surface area contributed by atoms with Gasteiger partial charge in [0.25, 0.3) is 10.0 Å². The van der Waals surface area contributed by atoms with Crippen molar-refractivity contribution in [2.45, 2.75) is 11.1 Å². The first-order valence-corrected chi connectivity index (χ1v) is 10.0. The third kappa shape index (κ3) is 5.36. The quantitative estimate of drug-likeness (QED) is 0.816. The highest BCUT2D eigenvalue weighted by Crippen LogP contribution is 2.31. The Morgan fingerprint density at radius 1 is 0.840 bits per heavy atom. The number of rotatable bonds is 5. The minimum absolute atomic E-state index is 0.00828. The summed E-state index contributed by atoms with van der Waals surface area (Å²) in [5, 5.41) is 0. The lowest BCUT2D eigenvalue weighted by Gasteiger charge is -2.12. The molecular formula is C14H13F3N2O4S2. The van der Waals surface area contributed by atoms with Crippen LogP contribution in [0.4, 0.5) is 24.5 Å². The second-order valence-corrected chi connectivity index (χ2v) is 8.52. The van der Waals surface area contributed by atoms with Crippen LogP contribution >= 0.6 is 0 Å². The lowest BCUT2D eigenvalue weighted by molar-refractivity contribution is -0.137. The number of hydrogen-bond donors (Lipinski definition) is 2. The summed E-state index contributed by atoms with van der Waals surface area (Å²) in [5.74, 6) is 0. The van der Waals surface area contributed by atoms with E-state index in [0.29, 0.717) is 6.07 Å². The van der Waals surface area contributed by atoms with Gasteiger partial charge in [0, 0.05) is 0 Å². The minimum atomic E-state index is -4.68. The summed E-state index contributed by atoms with van der Waals surface area (Å²) >= 11 is 0. The van der Waals surface area contributed by atoms with Crippen molar-refractivity contribution < 1.29 is 30.0 Å². The number of benzene rings is 2. The highest BCUT2D eigenvalue weighted by molar-refractivity contribution is 7.92. The number of nitrogens with one attached hydrogen (secondary N) is 2. The molecule has 0 saturated heterocycles. The first kappa shape index (κ1) is 19.1. The van der Waals surface area contributed by atoms with Crippen LogP contribution in [0.1, 0.15) is 5.56 Å². The van der Waals surface area contributed by atoms with Crippen LogP contribution in [0.15, 0.2) is 53.4 Å². The molecule has 0 unspecified atom stereocenters. The van der Waals surface area contributed by atoms with E-state index in [4.69, 9.17) is 0 Å². The van der Waals surface area contributed by atoms with Crippen molar-refractivity contribution in [3.8, 4) is 0 Å². The maximum absolute atomic E-state index is 12.7. The molecule has 0 spiro atoms. The Morgan fingerprint density at radius 3 is 1.96 bits per heavy atom. The van der Waals surface area contributed by atoms with E-state index in [1.807, 2.05) is 0 Å². The van der Waals surface area contributed by atoms with Crippen LogP contribution < -0.4 is 9.44 Å². The molecule has 0 aliphatic heterocycles. The minimum Gasteiger partial charge on any atom is -0.284 e. The second kappa shape index (κ2) is 6.56. The first-order valence-electron chi connectivity index (χ1n) is 6.65. The molecular weight excluding hydrogens is 381 g/mol. The standard InChI is InChI=1S/C14H13F3N2O4S2/c1-24(20,21)18-11-5-3-6-12(9-11)19-25(22,23)13-7-2-4-10(8-13)14(15,16)17/h2-9,18-19H,1H3. The normalized spacial score (nSPS) is 12.6. The highest BCUT2D eigenvalue weighted by Gasteiger charge is 2.31. The van der Waals surface area contributed by atoms with E-state index in [1.54, 1.807) is 0 Å². The average Bonchev–Trinajstić information content (AvgIpc) is 2.44. The molecule has 25 heavy (non-hydrogen) atoms. The van der Waals surface area contributed by atoms with E-state index < -0.39 is 36.7 Å². The van der Waals surface area contributed by atoms with E-state index in [-0.39, 0.29) is 11.4 Å². The van der Waals surface area contributed by atoms with E-state index in [9.17, 15) is 30.0 Å². The summed E-state index contributed by atoms with van der Waals surface area (Å²) in [5.41, 5.74) is -0.999. The zero-order valence-electron chi connectivity index (χ0n) is 12.7. The Balaban J connectivity index is 2.32. The summed E-state index contributed by atoms with van der Waals surface area (Å²) in [6.07, 6.45) is -3.75. The molecule has 2 aromatic rings. The van der Waals surface area contributed by atoms with Gasteiger partial charge in [0.15, 0.2) is 0 Å². The Kier molecular flexibility index (Phi) is 5.00. The smallest absolute Gasteiger partial charge is 0.284 e. The molecule has 0 bridgehead atoms. The van der Waals surface area contributed by atoms with Crippen LogP contribution in [-0.2, 0) is 26.2 Å². The van der Waals surface area contributed by atoms with Crippen LogP contribution in [0.5, 0.6) is 0 Å². The van der Waals surface area contributed by atoms with Crippen LogP contribution in [0.25, 0.3) is 0 Å². The molecule has 2 aromatic carbocycles. The van der Waals surface area contributed by atoms with Crippen molar-refractivity contribution in [1.82, 2.24) is 0 Å². The molecule has 2 N–H and O–H groups in total. The average molecular weight is 394 g/mol. The molecule has 0 saturated carbocycles. The molecule has 136 valence electrons. The molecule has 0 aliphatic rings. The first-order chi connectivity index (χ1) is 11.4. The Labute approximate surface area is 142 Å². The molecule has 0 aromatic heterocycles. The fourth-order valence-electron chi connectivity index (χ4n) is 1.91. The largest absolute Gasteiger partial charge is 0.416 e. The number of halogens is 3. The Hall–Kier alpha value is -2.27. The third-order valence-electron chi connectivity index (χ3n) is 2.89. The van der Waals surface area contributed by atoms with Gasteiger partial charge in [-0.25, -0.2) is 16.8 Å². The number of alkyl halides is 3. The summed E-state index contributed by atoms with van der Waals surface area (Å²) < 4.78 is 89.3. The van der Waals surface area contributed by atoms with Gasteiger partial charge in [-0.1, -0.05) is 12.1 Å². The van der Waals surface area contributed by atoms with Gasteiger partial charge < -0.3 is 0 Å². The van der Waals surface area contributed by atoms with E-state index in [1.165, 1.54) is 24.3 Å². The number of sulfonamides is 2. The van der Waals surface area contributed by atoms with Gasteiger partial charge in [-0.15, -0.1) is 0 Å². The summed E-state index contributed by atoms with van der Waals surface area (Å²) in [4.78, 5) is -0.566. The predicted octanol–water partition coefficient (Wildman–Crippen LogP) is 2.88. The van der Waals surface area contributed by atoms with Crippen molar-refractivity contribution in [2.75, 3.05) is 15.7 Å². The van der Waals surface area contributed by atoms with Gasteiger partial charge in [-0.3, -0.25) is 9.44 Å². The van der Waals surface area contributed by atoms with E-state index >= 15 is 0 Å². The zero-order chi connectivity index (χ0) is 18.9. The SMILES string of the molecule is CS(=O)(=O)Nc1cccc(NS(=O)(=O)c2cccc(C(F)(F)F)c2)c1. The Bertz CT molecular complexity index is 987. The fraction of sp³-hybridized carbons (Fsp3) is 0.143. The predicted molar refractivity (Wildman–Crippen MR) is 87.2 cm³/mol. The van der Waals surface area contributed by atoms with Crippen LogP contribution in [0.3, 0.4) is 0 Å². The van der Waals surface area contributed by atoms with Crippen LogP contribution in [0, 0.1) is 0 Å². The van der Waals surface area contributed by atoms with Crippen molar-refractivity contribution >= 4 is 31.4 Å². The maximum Gasteiger partial charge on any atom is 0.416 e. The topological polar surface area (TPSA) is 92.3 Å². The van der Waals surface area contributed by atoms with Crippen molar-refractivity contribution in [3.63, 3.8) is 0 Å². The second-order valence-electron chi connectivity index (χ2n) is 5.09. The lowest BCUT2D eigenvalue weighted by Crippen LogP contribution is -2.15. The number of anilines is 2. The number of hydrogen-bond acceptors (Lipinski definition) is 4. The van der Waals surface area contributed by atoms with E-state index in [0.717, 1.165) is 24.5 Å². The van der Waals surface area contributed by atoms with Crippen molar-refractivity contribution in [1.29, 1.82) is 0 Å².